The smallest absolute Gasteiger partial charge is 0.251 e. The Kier molecular flexibility index (Phi) is 4.77. The Morgan fingerprint density at radius 3 is 2.95 bits per heavy atom. The molecule has 20 heavy (non-hydrogen) atoms. The summed E-state index contributed by atoms with van der Waals surface area (Å²) in [6.45, 7) is 3.75. The fourth-order valence-corrected chi connectivity index (χ4v) is 3.59. The maximum absolute atomic E-state index is 12.7. The van der Waals surface area contributed by atoms with E-state index in [9.17, 15) is 9.59 Å². The number of hydrogen-bond donors (Lipinski definition) is 3. The van der Waals surface area contributed by atoms with Gasteiger partial charge in [0, 0.05) is 6.54 Å². The van der Waals surface area contributed by atoms with E-state index in [4.69, 9.17) is 5.73 Å². The Bertz CT molecular complexity index is 487. The third kappa shape index (κ3) is 3.02. The van der Waals surface area contributed by atoms with Crippen LogP contribution in [0.4, 0.5) is 5.00 Å². The SMILES string of the molecule is CCCC1(C(=O)Nc2sccc2C(N)=O)CCCNC1. The van der Waals surface area contributed by atoms with Crippen molar-refractivity contribution >= 4 is 28.2 Å². The van der Waals surface area contributed by atoms with Crippen LogP contribution in [0.15, 0.2) is 11.4 Å². The van der Waals surface area contributed by atoms with Crippen LogP contribution in [-0.4, -0.2) is 24.9 Å². The lowest BCUT2D eigenvalue weighted by Gasteiger charge is -2.36. The van der Waals surface area contributed by atoms with Crippen LogP contribution < -0.4 is 16.4 Å². The van der Waals surface area contributed by atoms with Gasteiger partial charge in [-0.3, -0.25) is 9.59 Å². The first-order valence-electron chi connectivity index (χ1n) is 6.98. The summed E-state index contributed by atoms with van der Waals surface area (Å²) in [5, 5.41) is 8.54. The van der Waals surface area contributed by atoms with Crippen LogP contribution in [0.25, 0.3) is 0 Å². The van der Waals surface area contributed by atoms with Gasteiger partial charge in [0.1, 0.15) is 5.00 Å². The van der Waals surface area contributed by atoms with E-state index in [1.807, 2.05) is 0 Å². The van der Waals surface area contributed by atoms with Crippen molar-refractivity contribution in [3.8, 4) is 0 Å². The molecule has 0 spiro atoms. The Labute approximate surface area is 122 Å². The molecule has 2 amide bonds. The van der Waals surface area contributed by atoms with Crippen LogP contribution in [-0.2, 0) is 4.79 Å². The maximum atomic E-state index is 12.7. The maximum Gasteiger partial charge on any atom is 0.251 e. The van der Waals surface area contributed by atoms with Gasteiger partial charge in [0.15, 0.2) is 0 Å². The fraction of sp³-hybridized carbons (Fsp3) is 0.571. The van der Waals surface area contributed by atoms with Gasteiger partial charge in [-0.15, -0.1) is 11.3 Å². The van der Waals surface area contributed by atoms with Crippen LogP contribution in [0.2, 0.25) is 0 Å². The molecule has 2 heterocycles. The van der Waals surface area contributed by atoms with Crippen molar-refractivity contribution in [2.24, 2.45) is 11.1 Å². The second kappa shape index (κ2) is 6.37. The van der Waals surface area contributed by atoms with E-state index in [1.54, 1.807) is 11.4 Å². The number of thiophene rings is 1. The van der Waals surface area contributed by atoms with E-state index in [-0.39, 0.29) is 11.3 Å². The number of nitrogens with two attached hydrogens (primary N) is 1. The van der Waals surface area contributed by atoms with Crippen molar-refractivity contribution in [1.82, 2.24) is 5.32 Å². The molecule has 0 radical (unpaired) electrons. The third-order valence-corrected chi connectivity index (χ3v) is 4.67. The zero-order valence-electron chi connectivity index (χ0n) is 11.7. The molecule has 0 aromatic carbocycles. The first-order valence-corrected chi connectivity index (χ1v) is 7.86. The van der Waals surface area contributed by atoms with Crippen LogP contribution in [0.5, 0.6) is 0 Å². The number of amides is 2. The quantitative estimate of drug-likeness (QED) is 0.776. The molecule has 6 heteroatoms. The Balaban J connectivity index is 2.16. The zero-order chi connectivity index (χ0) is 14.6. The Morgan fingerprint density at radius 1 is 1.55 bits per heavy atom. The lowest BCUT2D eigenvalue weighted by molar-refractivity contribution is -0.127. The molecule has 1 saturated heterocycles. The van der Waals surface area contributed by atoms with Crippen molar-refractivity contribution in [3.05, 3.63) is 17.0 Å². The minimum atomic E-state index is -0.507. The zero-order valence-corrected chi connectivity index (χ0v) is 12.5. The molecule has 0 saturated carbocycles. The average molecular weight is 295 g/mol. The highest BCUT2D eigenvalue weighted by Crippen LogP contribution is 2.34. The molecule has 1 aliphatic heterocycles. The molecule has 0 bridgehead atoms. The Hall–Kier alpha value is -1.40. The van der Waals surface area contributed by atoms with Crippen molar-refractivity contribution in [2.45, 2.75) is 32.6 Å². The second-order valence-electron chi connectivity index (χ2n) is 5.29. The van der Waals surface area contributed by atoms with E-state index in [1.165, 1.54) is 11.3 Å². The van der Waals surface area contributed by atoms with Gasteiger partial charge in [-0.1, -0.05) is 13.3 Å². The van der Waals surface area contributed by atoms with Gasteiger partial charge in [-0.05, 0) is 37.3 Å². The summed E-state index contributed by atoms with van der Waals surface area (Å²) in [6.07, 6.45) is 3.70. The van der Waals surface area contributed by atoms with Crippen LogP contribution in [0, 0.1) is 5.41 Å². The molecule has 1 aromatic heterocycles. The van der Waals surface area contributed by atoms with E-state index < -0.39 is 5.91 Å². The Morgan fingerprint density at radius 2 is 2.35 bits per heavy atom. The number of piperidine rings is 1. The van der Waals surface area contributed by atoms with Gasteiger partial charge < -0.3 is 16.4 Å². The predicted molar refractivity (Wildman–Crippen MR) is 80.9 cm³/mol. The predicted octanol–water partition coefficient (Wildman–Crippen LogP) is 1.96. The highest BCUT2D eigenvalue weighted by Gasteiger charge is 2.39. The van der Waals surface area contributed by atoms with Crippen molar-refractivity contribution in [1.29, 1.82) is 0 Å². The monoisotopic (exact) mass is 295 g/mol. The summed E-state index contributed by atoms with van der Waals surface area (Å²) in [5.74, 6) is -0.510. The fourth-order valence-electron chi connectivity index (χ4n) is 2.80. The second-order valence-corrected chi connectivity index (χ2v) is 6.21. The van der Waals surface area contributed by atoms with Gasteiger partial charge in [-0.2, -0.15) is 0 Å². The number of carbonyl (C=O) groups excluding carboxylic acids is 2. The molecular formula is C14H21N3O2S. The number of primary amides is 1. The summed E-state index contributed by atoms with van der Waals surface area (Å²) in [6, 6.07) is 1.65. The summed E-state index contributed by atoms with van der Waals surface area (Å²) >= 11 is 1.33. The molecule has 1 aliphatic rings. The summed E-state index contributed by atoms with van der Waals surface area (Å²) < 4.78 is 0. The van der Waals surface area contributed by atoms with Crippen molar-refractivity contribution in [3.63, 3.8) is 0 Å². The molecule has 1 fully saturated rings. The van der Waals surface area contributed by atoms with Crippen LogP contribution in [0.3, 0.4) is 0 Å². The van der Waals surface area contributed by atoms with Crippen molar-refractivity contribution < 1.29 is 9.59 Å². The van der Waals surface area contributed by atoms with E-state index in [0.29, 0.717) is 17.1 Å². The molecule has 1 atom stereocenters. The highest BCUT2D eigenvalue weighted by atomic mass is 32.1. The van der Waals surface area contributed by atoms with Gasteiger partial charge in [0.2, 0.25) is 5.91 Å². The molecular weight excluding hydrogens is 274 g/mol. The van der Waals surface area contributed by atoms with Gasteiger partial charge in [0.05, 0.1) is 11.0 Å². The van der Waals surface area contributed by atoms with Gasteiger partial charge in [-0.25, -0.2) is 0 Å². The molecule has 1 unspecified atom stereocenters. The van der Waals surface area contributed by atoms with Crippen LogP contribution >= 0.6 is 11.3 Å². The molecule has 1 aromatic rings. The lowest BCUT2D eigenvalue weighted by atomic mass is 9.76. The highest BCUT2D eigenvalue weighted by molar-refractivity contribution is 7.14. The first kappa shape index (κ1) is 15.0. The third-order valence-electron chi connectivity index (χ3n) is 3.84. The normalized spacial score (nSPS) is 22.4. The number of carbonyl (C=O) groups is 2. The summed E-state index contributed by atoms with van der Waals surface area (Å²) in [5.41, 5.74) is 5.33. The van der Waals surface area contributed by atoms with Crippen LogP contribution in [0.1, 0.15) is 43.0 Å². The topological polar surface area (TPSA) is 84.2 Å². The molecule has 2 rings (SSSR count). The standard InChI is InChI=1S/C14H21N3O2S/c1-2-5-14(6-3-7-16-9-14)13(19)17-12-10(11(15)18)4-8-20-12/h4,8,16H,2-3,5-7,9H2,1H3,(H2,15,18)(H,17,19). The van der Waals surface area contributed by atoms with E-state index in [2.05, 4.69) is 17.6 Å². The number of rotatable bonds is 5. The number of nitrogens with one attached hydrogen (secondary N) is 2. The minimum absolute atomic E-state index is 0.00324. The minimum Gasteiger partial charge on any atom is -0.366 e. The summed E-state index contributed by atoms with van der Waals surface area (Å²) in [7, 11) is 0. The number of hydrogen-bond acceptors (Lipinski definition) is 4. The van der Waals surface area contributed by atoms with E-state index >= 15 is 0 Å². The van der Waals surface area contributed by atoms with E-state index in [0.717, 1.165) is 32.2 Å². The molecule has 4 N–H and O–H groups in total. The molecule has 0 aliphatic carbocycles. The largest absolute Gasteiger partial charge is 0.366 e. The number of anilines is 1. The van der Waals surface area contributed by atoms with Crippen molar-refractivity contribution in [2.75, 3.05) is 18.4 Å². The average Bonchev–Trinajstić information content (AvgIpc) is 2.88. The summed E-state index contributed by atoms with van der Waals surface area (Å²) in [4.78, 5) is 24.0. The molecule has 5 nitrogen and oxygen atoms in total. The van der Waals surface area contributed by atoms with Gasteiger partial charge in [0.25, 0.3) is 5.91 Å². The molecule has 110 valence electrons. The van der Waals surface area contributed by atoms with Gasteiger partial charge >= 0.3 is 0 Å². The lowest BCUT2D eigenvalue weighted by Crippen LogP contribution is -2.48. The first-order chi connectivity index (χ1) is 9.59.